The predicted molar refractivity (Wildman–Crippen MR) is 108 cm³/mol. The molecule has 0 fully saturated rings. The number of nitrogens with one attached hydrogen (secondary N) is 1. The summed E-state index contributed by atoms with van der Waals surface area (Å²) in [5.74, 6) is -1.19. The maximum absolute atomic E-state index is 13.7. The minimum absolute atomic E-state index is 0.0987. The molecule has 6 nitrogen and oxygen atoms in total. The summed E-state index contributed by atoms with van der Waals surface area (Å²) in [5.41, 5.74) is -0.177. The van der Waals surface area contributed by atoms with Gasteiger partial charge in [0.1, 0.15) is 17.3 Å². The van der Waals surface area contributed by atoms with E-state index in [1.54, 1.807) is 18.2 Å². The van der Waals surface area contributed by atoms with E-state index >= 15 is 0 Å². The predicted octanol–water partition coefficient (Wildman–Crippen LogP) is 4.57. The fourth-order valence-corrected chi connectivity index (χ4v) is 3.85. The third kappa shape index (κ3) is 4.50. The minimum atomic E-state index is -4.25. The summed E-state index contributed by atoms with van der Waals surface area (Å²) < 4.78 is 46.5. The number of carbonyl (C=O) groups is 1. The standard InChI is InChI=1S/C19H13Cl2FN2O4S/c1-28-17-5-3-2-4-13(17)19(25)18-16(8-11(20)10-23-18)24-29(26,27)12-6-7-14(21)15(22)9-12/h2-10,24H,1H3. The lowest BCUT2D eigenvalue weighted by atomic mass is 10.1. The molecule has 3 rings (SSSR count). The van der Waals surface area contributed by atoms with Gasteiger partial charge in [-0.05, 0) is 36.4 Å². The molecule has 10 heteroatoms. The van der Waals surface area contributed by atoms with Crippen molar-refractivity contribution in [1.82, 2.24) is 4.98 Å². The van der Waals surface area contributed by atoms with E-state index in [0.29, 0.717) is 5.75 Å². The molecular weight excluding hydrogens is 442 g/mol. The second-order valence-corrected chi connectivity index (χ2v) is 8.29. The molecule has 0 aliphatic carbocycles. The Morgan fingerprint density at radius 3 is 2.55 bits per heavy atom. The molecule has 3 aromatic rings. The van der Waals surface area contributed by atoms with Gasteiger partial charge in [-0.1, -0.05) is 35.3 Å². The maximum atomic E-state index is 13.7. The molecule has 1 N–H and O–H groups in total. The average Bonchev–Trinajstić information content (AvgIpc) is 2.69. The summed E-state index contributed by atoms with van der Waals surface area (Å²) >= 11 is 11.5. The molecule has 0 spiro atoms. The van der Waals surface area contributed by atoms with Crippen LogP contribution in [0.25, 0.3) is 0 Å². The molecule has 1 aromatic heterocycles. The van der Waals surface area contributed by atoms with E-state index in [-0.39, 0.29) is 31.9 Å². The molecule has 0 atom stereocenters. The van der Waals surface area contributed by atoms with Crippen molar-refractivity contribution in [3.63, 3.8) is 0 Å². The van der Waals surface area contributed by atoms with Crippen molar-refractivity contribution in [2.75, 3.05) is 11.8 Å². The molecule has 0 aliphatic heterocycles. The highest BCUT2D eigenvalue weighted by atomic mass is 35.5. The van der Waals surface area contributed by atoms with Gasteiger partial charge in [-0.15, -0.1) is 0 Å². The number of aromatic nitrogens is 1. The van der Waals surface area contributed by atoms with Crippen LogP contribution in [0.4, 0.5) is 10.1 Å². The van der Waals surface area contributed by atoms with Gasteiger partial charge in [0, 0.05) is 6.20 Å². The second kappa shape index (κ2) is 8.36. The first-order chi connectivity index (χ1) is 13.7. The molecule has 0 saturated heterocycles. The van der Waals surface area contributed by atoms with Crippen LogP contribution in [-0.4, -0.2) is 26.3 Å². The average molecular weight is 455 g/mol. The van der Waals surface area contributed by atoms with E-state index in [9.17, 15) is 17.6 Å². The van der Waals surface area contributed by atoms with E-state index < -0.39 is 21.6 Å². The van der Waals surface area contributed by atoms with Crippen LogP contribution in [0.3, 0.4) is 0 Å². The number of halogens is 3. The molecule has 0 saturated carbocycles. The number of ketones is 1. The SMILES string of the molecule is COc1ccccc1C(=O)c1ncc(Cl)cc1NS(=O)(=O)c1ccc(Cl)c(F)c1. The number of sulfonamides is 1. The molecule has 29 heavy (non-hydrogen) atoms. The van der Waals surface area contributed by atoms with Crippen molar-refractivity contribution in [1.29, 1.82) is 0 Å². The molecule has 0 amide bonds. The second-order valence-electron chi connectivity index (χ2n) is 5.76. The monoisotopic (exact) mass is 454 g/mol. The largest absolute Gasteiger partial charge is 0.496 e. The van der Waals surface area contributed by atoms with Crippen LogP contribution in [0, 0.1) is 5.82 Å². The zero-order valence-electron chi connectivity index (χ0n) is 14.8. The van der Waals surface area contributed by atoms with E-state index in [1.165, 1.54) is 25.4 Å². The van der Waals surface area contributed by atoms with Gasteiger partial charge in [-0.3, -0.25) is 9.52 Å². The minimum Gasteiger partial charge on any atom is -0.496 e. The van der Waals surface area contributed by atoms with E-state index in [4.69, 9.17) is 27.9 Å². The van der Waals surface area contributed by atoms with Crippen LogP contribution in [-0.2, 0) is 10.0 Å². The Balaban J connectivity index is 2.05. The first kappa shape index (κ1) is 21.0. The number of rotatable bonds is 6. The summed E-state index contributed by atoms with van der Waals surface area (Å²) in [6, 6.07) is 10.7. The highest BCUT2D eigenvalue weighted by molar-refractivity contribution is 7.92. The first-order valence-electron chi connectivity index (χ1n) is 8.04. The quantitative estimate of drug-likeness (QED) is 0.551. The van der Waals surface area contributed by atoms with E-state index in [0.717, 1.165) is 18.2 Å². The molecule has 1 heterocycles. The number of ether oxygens (including phenoxy) is 1. The van der Waals surface area contributed by atoms with Crippen molar-refractivity contribution in [3.05, 3.63) is 81.8 Å². The summed E-state index contributed by atoms with van der Waals surface area (Å²) in [6.45, 7) is 0. The van der Waals surface area contributed by atoms with Gasteiger partial charge in [0.2, 0.25) is 5.78 Å². The van der Waals surface area contributed by atoms with Gasteiger partial charge in [0.05, 0.1) is 33.3 Å². The summed E-state index contributed by atoms with van der Waals surface area (Å²) in [4.78, 5) is 16.6. The van der Waals surface area contributed by atoms with Crippen molar-refractivity contribution in [2.24, 2.45) is 0 Å². The molecule has 0 unspecified atom stereocenters. The van der Waals surface area contributed by atoms with Crippen molar-refractivity contribution in [3.8, 4) is 5.75 Å². The normalized spacial score (nSPS) is 11.2. The topological polar surface area (TPSA) is 85.4 Å². The van der Waals surface area contributed by atoms with Crippen LogP contribution < -0.4 is 9.46 Å². The zero-order valence-corrected chi connectivity index (χ0v) is 17.1. The number of benzene rings is 2. The Morgan fingerprint density at radius 1 is 1.14 bits per heavy atom. The molecule has 2 aromatic carbocycles. The molecular formula is C19H13Cl2FN2O4S. The van der Waals surface area contributed by atoms with Gasteiger partial charge in [-0.2, -0.15) is 0 Å². The van der Waals surface area contributed by atoms with E-state index in [2.05, 4.69) is 9.71 Å². The Labute approximate surface area is 176 Å². The van der Waals surface area contributed by atoms with Crippen molar-refractivity contribution in [2.45, 2.75) is 4.90 Å². The van der Waals surface area contributed by atoms with Gasteiger partial charge < -0.3 is 4.74 Å². The number of anilines is 1. The Bertz CT molecular complexity index is 1200. The van der Waals surface area contributed by atoms with Crippen molar-refractivity contribution < 1.29 is 22.3 Å². The van der Waals surface area contributed by atoms with Crippen LogP contribution in [0.5, 0.6) is 5.75 Å². The first-order valence-corrected chi connectivity index (χ1v) is 10.3. The maximum Gasteiger partial charge on any atom is 0.262 e. The van der Waals surface area contributed by atoms with Crippen molar-refractivity contribution >= 4 is 44.7 Å². The van der Waals surface area contributed by atoms with Crippen LogP contribution >= 0.6 is 23.2 Å². The number of hydrogen-bond donors (Lipinski definition) is 1. The van der Waals surface area contributed by atoms with Crippen LogP contribution in [0.15, 0.2) is 59.6 Å². The summed E-state index contributed by atoms with van der Waals surface area (Å²) in [7, 11) is -2.85. The number of para-hydroxylation sites is 1. The Morgan fingerprint density at radius 2 is 1.86 bits per heavy atom. The highest BCUT2D eigenvalue weighted by Gasteiger charge is 2.23. The molecule has 0 aliphatic rings. The lowest BCUT2D eigenvalue weighted by Gasteiger charge is -2.13. The number of methoxy groups -OCH3 is 1. The number of nitrogens with zero attached hydrogens (tertiary/aromatic N) is 1. The Kier molecular flexibility index (Phi) is 6.07. The lowest BCUT2D eigenvalue weighted by molar-refractivity contribution is 0.103. The summed E-state index contributed by atoms with van der Waals surface area (Å²) in [6.07, 6.45) is 1.21. The molecule has 150 valence electrons. The van der Waals surface area contributed by atoms with Gasteiger partial charge in [0.15, 0.2) is 0 Å². The highest BCUT2D eigenvalue weighted by Crippen LogP contribution is 2.28. The third-order valence-electron chi connectivity index (χ3n) is 3.87. The summed E-state index contributed by atoms with van der Waals surface area (Å²) in [5, 5.41) is -0.123. The fraction of sp³-hybridized carbons (Fsp3) is 0.0526. The lowest BCUT2D eigenvalue weighted by Crippen LogP contribution is -2.17. The van der Waals surface area contributed by atoms with Crippen LogP contribution in [0.2, 0.25) is 10.0 Å². The number of pyridine rings is 1. The number of hydrogen-bond acceptors (Lipinski definition) is 5. The Hall–Kier alpha value is -2.68. The number of carbonyl (C=O) groups excluding carboxylic acids is 1. The van der Waals surface area contributed by atoms with E-state index in [1.807, 2.05) is 0 Å². The van der Waals surface area contributed by atoms with Gasteiger partial charge >= 0.3 is 0 Å². The molecule has 0 bridgehead atoms. The third-order valence-corrected chi connectivity index (χ3v) is 5.74. The fourth-order valence-electron chi connectivity index (χ4n) is 2.51. The van der Waals surface area contributed by atoms with Gasteiger partial charge in [0.25, 0.3) is 10.0 Å². The zero-order chi connectivity index (χ0) is 21.2. The molecule has 0 radical (unpaired) electrons. The van der Waals surface area contributed by atoms with Crippen LogP contribution in [0.1, 0.15) is 16.1 Å². The smallest absolute Gasteiger partial charge is 0.262 e. The van der Waals surface area contributed by atoms with Gasteiger partial charge in [-0.25, -0.2) is 17.8 Å².